The lowest BCUT2D eigenvalue weighted by Crippen LogP contribution is -2.22. The van der Waals surface area contributed by atoms with Gasteiger partial charge in [-0.1, -0.05) is 0 Å². The number of esters is 1. The molecule has 3 rings (SSSR count). The van der Waals surface area contributed by atoms with Crippen LogP contribution in [-0.4, -0.2) is 29.3 Å². The Bertz CT molecular complexity index is 1040. The van der Waals surface area contributed by atoms with E-state index in [4.69, 9.17) is 4.74 Å². The molecule has 1 aromatic carbocycles. The summed E-state index contributed by atoms with van der Waals surface area (Å²) in [5.41, 5.74) is 0.301. The van der Waals surface area contributed by atoms with Crippen LogP contribution in [0.1, 0.15) is 40.6 Å². The summed E-state index contributed by atoms with van der Waals surface area (Å²) in [5.74, 6) is -2.83. The number of rotatable bonds is 6. The Hall–Kier alpha value is -3.34. The van der Waals surface area contributed by atoms with Crippen molar-refractivity contribution in [2.24, 2.45) is 0 Å². The molecule has 0 radical (unpaired) electrons. The minimum absolute atomic E-state index is 0.00371. The first-order chi connectivity index (χ1) is 14.3. The zero-order valence-corrected chi connectivity index (χ0v) is 16.8. The van der Waals surface area contributed by atoms with Gasteiger partial charge >= 0.3 is 11.7 Å². The van der Waals surface area contributed by atoms with E-state index >= 15 is 0 Å². The lowest BCUT2D eigenvalue weighted by Gasteiger charge is -2.13. The summed E-state index contributed by atoms with van der Waals surface area (Å²) >= 11 is 1.33. The van der Waals surface area contributed by atoms with Crippen molar-refractivity contribution >= 4 is 45.5 Å². The fraction of sp³-hybridized carbons (Fsp3) is 0.316. The second-order valence-electron chi connectivity index (χ2n) is 6.64. The second-order valence-corrected chi connectivity index (χ2v) is 7.75. The van der Waals surface area contributed by atoms with Gasteiger partial charge in [-0.15, -0.1) is 11.3 Å². The number of nitro groups is 1. The van der Waals surface area contributed by atoms with E-state index in [9.17, 15) is 28.9 Å². The standard InChI is InChI=1S/C19H18FN3O6S/c1-10(24)21-18-17(12-4-2-3-5-15(12)30-18)19(26)29-9-16(25)22-11-6-7-13(20)14(8-11)23(27)28/h6-8H,2-5,9H2,1H3,(H,21,24)(H,22,25). The summed E-state index contributed by atoms with van der Waals surface area (Å²) in [6.45, 7) is 0.692. The van der Waals surface area contributed by atoms with Gasteiger partial charge in [0.1, 0.15) is 5.00 Å². The van der Waals surface area contributed by atoms with E-state index in [2.05, 4.69) is 10.6 Å². The average Bonchev–Trinajstić information content (AvgIpc) is 3.04. The second kappa shape index (κ2) is 8.99. The molecule has 2 amide bonds. The van der Waals surface area contributed by atoms with Crippen LogP contribution in [0.15, 0.2) is 18.2 Å². The molecule has 0 fully saturated rings. The van der Waals surface area contributed by atoms with Gasteiger partial charge in [-0.05, 0) is 43.4 Å². The maximum atomic E-state index is 13.4. The average molecular weight is 435 g/mol. The van der Waals surface area contributed by atoms with Crippen LogP contribution in [0.4, 0.5) is 20.8 Å². The molecule has 0 unspecified atom stereocenters. The number of amides is 2. The number of hydrogen-bond donors (Lipinski definition) is 2. The fourth-order valence-electron chi connectivity index (χ4n) is 3.16. The number of aryl methyl sites for hydroxylation is 1. The molecule has 0 spiro atoms. The molecular formula is C19H18FN3O6S. The number of ether oxygens (including phenoxy) is 1. The van der Waals surface area contributed by atoms with E-state index in [1.807, 2.05) is 0 Å². The van der Waals surface area contributed by atoms with E-state index in [1.54, 1.807) is 0 Å². The van der Waals surface area contributed by atoms with Gasteiger partial charge < -0.3 is 15.4 Å². The topological polar surface area (TPSA) is 128 Å². The number of hydrogen-bond acceptors (Lipinski definition) is 7. The van der Waals surface area contributed by atoms with Crippen LogP contribution in [0.3, 0.4) is 0 Å². The summed E-state index contributed by atoms with van der Waals surface area (Å²) in [5, 5.41) is 16.1. The molecule has 0 saturated carbocycles. The molecule has 30 heavy (non-hydrogen) atoms. The molecule has 2 N–H and O–H groups in total. The normalized spacial score (nSPS) is 12.6. The Morgan fingerprint density at radius 1 is 1.23 bits per heavy atom. The third-order valence-electron chi connectivity index (χ3n) is 4.43. The van der Waals surface area contributed by atoms with Crippen molar-refractivity contribution in [3.8, 4) is 0 Å². The number of carbonyl (C=O) groups excluding carboxylic acids is 3. The number of nitrogens with zero attached hydrogens (tertiary/aromatic N) is 1. The lowest BCUT2D eigenvalue weighted by molar-refractivity contribution is -0.387. The summed E-state index contributed by atoms with van der Waals surface area (Å²) in [4.78, 5) is 47.1. The number of nitrogens with one attached hydrogen (secondary N) is 2. The minimum atomic E-state index is -1.03. The number of anilines is 2. The third kappa shape index (κ3) is 4.79. The molecule has 158 valence electrons. The van der Waals surface area contributed by atoms with Crippen molar-refractivity contribution in [2.45, 2.75) is 32.6 Å². The molecule has 0 bridgehead atoms. The predicted molar refractivity (Wildman–Crippen MR) is 107 cm³/mol. The number of fused-ring (bicyclic) bond motifs is 1. The van der Waals surface area contributed by atoms with Gasteiger partial charge in [0.15, 0.2) is 6.61 Å². The molecule has 2 aromatic rings. The molecule has 1 aromatic heterocycles. The monoisotopic (exact) mass is 435 g/mol. The highest BCUT2D eigenvalue weighted by Gasteiger charge is 2.27. The Kier molecular flexibility index (Phi) is 6.40. The van der Waals surface area contributed by atoms with Crippen molar-refractivity contribution in [3.05, 3.63) is 50.1 Å². The maximum absolute atomic E-state index is 13.4. The van der Waals surface area contributed by atoms with E-state index in [-0.39, 0.29) is 17.2 Å². The molecule has 1 heterocycles. The van der Waals surface area contributed by atoms with Gasteiger partial charge in [0.25, 0.3) is 5.91 Å². The predicted octanol–water partition coefficient (Wildman–Crippen LogP) is 3.43. The molecule has 0 atom stereocenters. The Balaban J connectivity index is 1.69. The number of carbonyl (C=O) groups is 3. The van der Waals surface area contributed by atoms with Gasteiger partial charge in [0, 0.05) is 23.6 Å². The minimum Gasteiger partial charge on any atom is -0.452 e. The van der Waals surface area contributed by atoms with E-state index < -0.39 is 34.9 Å². The first kappa shape index (κ1) is 21.4. The van der Waals surface area contributed by atoms with Crippen LogP contribution < -0.4 is 10.6 Å². The highest BCUT2D eigenvalue weighted by Crippen LogP contribution is 2.38. The van der Waals surface area contributed by atoms with Crippen LogP contribution in [0.25, 0.3) is 0 Å². The summed E-state index contributed by atoms with van der Waals surface area (Å²) in [6, 6.07) is 2.89. The molecule has 0 saturated heterocycles. The highest BCUT2D eigenvalue weighted by atomic mass is 32.1. The van der Waals surface area contributed by atoms with Crippen molar-refractivity contribution in [3.63, 3.8) is 0 Å². The zero-order valence-electron chi connectivity index (χ0n) is 16.0. The van der Waals surface area contributed by atoms with Crippen LogP contribution in [0, 0.1) is 15.9 Å². The van der Waals surface area contributed by atoms with Gasteiger partial charge in [-0.2, -0.15) is 4.39 Å². The largest absolute Gasteiger partial charge is 0.452 e. The van der Waals surface area contributed by atoms with Crippen LogP contribution in [0.5, 0.6) is 0 Å². The van der Waals surface area contributed by atoms with Gasteiger partial charge in [-0.25, -0.2) is 4.79 Å². The van der Waals surface area contributed by atoms with Crippen LogP contribution in [-0.2, 0) is 27.2 Å². The van der Waals surface area contributed by atoms with E-state index in [0.29, 0.717) is 11.4 Å². The number of halogens is 1. The van der Waals surface area contributed by atoms with Gasteiger partial charge in [-0.3, -0.25) is 19.7 Å². The Labute approximate surface area is 174 Å². The molecule has 1 aliphatic carbocycles. The number of thiophene rings is 1. The van der Waals surface area contributed by atoms with E-state index in [0.717, 1.165) is 47.9 Å². The van der Waals surface area contributed by atoms with E-state index in [1.165, 1.54) is 18.3 Å². The summed E-state index contributed by atoms with van der Waals surface area (Å²) < 4.78 is 18.5. The van der Waals surface area contributed by atoms with Crippen molar-refractivity contribution < 1.29 is 28.4 Å². The quantitative estimate of drug-likeness (QED) is 0.406. The van der Waals surface area contributed by atoms with Crippen LogP contribution in [0.2, 0.25) is 0 Å². The van der Waals surface area contributed by atoms with Crippen molar-refractivity contribution in [1.29, 1.82) is 0 Å². The third-order valence-corrected chi connectivity index (χ3v) is 5.63. The molecule has 0 aliphatic heterocycles. The lowest BCUT2D eigenvalue weighted by atomic mass is 9.95. The first-order valence-corrected chi connectivity index (χ1v) is 9.91. The maximum Gasteiger partial charge on any atom is 0.341 e. The molecular weight excluding hydrogens is 417 g/mol. The fourth-order valence-corrected chi connectivity index (χ4v) is 4.48. The van der Waals surface area contributed by atoms with Crippen molar-refractivity contribution in [2.75, 3.05) is 17.2 Å². The number of benzene rings is 1. The van der Waals surface area contributed by atoms with Gasteiger partial charge in [0.2, 0.25) is 11.7 Å². The Morgan fingerprint density at radius 3 is 2.67 bits per heavy atom. The zero-order chi connectivity index (χ0) is 21.8. The molecule has 11 heteroatoms. The smallest absolute Gasteiger partial charge is 0.341 e. The Morgan fingerprint density at radius 2 is 1.97 bits per heavy atom. The highest BCUT2D eigenvalue weighted by molar-refractivity contribution is 7.17. The van der Waals surface area contributed by atoms with Crippen LogP contribution >= 0.6 is 11.3 Å². The number of nitro benzene ring substituents is 1. The molecule has 1 aliphatic rings. The summed E-state index contributed by atoms with van der Waals surface area (Å²) in [7, 11) is 0. The van der Waals surface area contributed by atoms with Crippen molar-refractivity contribution in [1.82, 2.24) is 0 Å². The summed E-state index contributed by atoms with van der Waals surface area (Å²) in [6.07, 6.45) is 3.39. The first-order valence-electron chi connectivity index (χ1n) is 9.09. The van der Waals surface area contributed by atoms with Gasteiger partial charge in [0.05, 0.1) is 10.5 Å². The molecule has 9 nitrogen and oxygen atoms in total. The SMILES string of the molecule is CC(=O)Nc1sc2c(c1C(=O)OCC(=O)Nc1ccc(F)c([N+](=O)[O-])c1)CCCC2.